The van der Waals surface area contributed by atoms with E-state index in [0.29, 0.717) is 18.3 Å². The standard InChI is InChI=1S/C10H14O2/c1-10-5-6-2-3-8(10)7(6)4-9(11)12-10/h6-8H,2-5H2,1H3/t6?,7?,8-,10-/m0/s1. The van der Waals surface area contributed by atoms with Gasteiger partial charge in [0.05, 0.1) is 0 Å². The highest BCUT2D eigenvalue weighted by Gasteiger charge is 2.60. The molecule has 0 aromatic rings. The Hall–Kier alpha value is -0.530. The summed E-state index contributed by atoms with van der Waals surface area (Å²) < 4.78 is 5.46. The van der Waals surface area contributed by atoms with Crippen LogP contribution in [0, 0.1) is 17.8 Å². The molecule has 3 rings (SSSR count). The molecule has 0 aromatic carbocycles. The molecular weight excluding hydrogens is 152 g/mol. The Labute approximate surface area is 72.3 Å². The molecule has 66 valence electrons. The molecule has 1 aliphatic heterocycles. The molecule has 2 unspecified atom stereocenters. The Kier molecular flexibility index (Phi) is 1.07. The van der Waals surface area contributed by atoms with Crippen molar-refractivity contribution in [1.82, 2.24) is 0 Å². The van der Waals surface area contributed by atoms with Gasteiger partial charge in [-0.2, -0.15) is 0 Å². The summed E-state index contributed by atoms with van der Waals surface area (Å²) in [5, 5.41) is 0. The SMILES string of the molecule is C[C@]12CC3CC[C@H]1C3CC(=O)O2. The zero-order valence-corrected chi connectivity index (χ0v) is 7.38. The van der Waals surface area contributed by atoms with Crippen LogP contribution in [0.1, 0.15) is 32.6 Å². The van der Waals surface area contributed by atoms with Crippen molar-refractivity contribution in [3.63, 3.8) is 0 Å². The van der Waals surface area contributed by atoms with Crippen LogP contribution in [0.4, 0.5) is 0 Å². The smallest absolute Gasteiger partial charge is 0.306 e. The van der Waals surface area contributed by atoms with Crippen molar-refractivity contribution in [2.75, 3.05) is 0 Å². The van der Waals surface area contributed by atoms with Crippen LogP contribution in [-0.4, -0.2) is 11.6 Å². The molecule has 2 heteroatoms. The molecule has 2 aliphatic carbocycles. The first-order valence-electron chi connectivity index (χ1n) is 4.91. The van der Waals surface area contributed by atoms with Gasteiger partial charge in [0.1, 0.15) is 5.60 Å². The summed E-state index contributed by atoms with van der Waals surface area (Å²) in [5.74, 6) is 2.21. The normalized spacial score (nSPS) is 55.8. The summed E-state index contributed by atoms with van der Waals surface area (Å²) in [6.07, 6.45) is 4.46. The number of hydrogen-bond acceptors (Lipinski definition) is 2. The van der Waals surface area contributed by atoms with Crippen molar-refractivity contribution in [1.29, 1.82) is 0 Å². The largest absolute Gasteiger partial charge is 0.459 e. The number of carbonyl (C=O) groups is 1. The van der Waals surface area contributed by atoms with E-state index in [1.807, 2.05) is 0 Å². The summed E-state index contributed by atoms with van der Waals surface area (Å²) in [7, 11) is 0. The van der Waals surface area contributed by atoms with Crippen molar-refractivity contribution in [3.8, 4) is 0 Å². The first-order chi connectivity index (χ1) is 5.69. The minimum absolute atomic E-state index is 0.0446. The van der Waals surface area contributed by atoms with Gasteiger partial charge in [0.2, 0.25) is 0 Å². The number of ether oxygens (including phenoxy) is 1. The molecule has 3 aliphatic rings. The molecule has 4 atom stereocenters. The molecule has 0 aromatic heterocycles. The van der Waals surface area contributed by atoms with Crippen LogP contribution >= 0.6 is 0 Å². The molecule has 0 N–H and O–H groups in total. The lowest BCUT2D eigenvalue weighted by molar-refractivity contribution is -0.171. The Balaban J connectivity index is 2.02. The maximum absolute atomic E-state index is 11.2. The zero-order valence-electron chi connectivity index (χ0n) is 7.38. The summed E-state index contributed by atoms with van der Waals surface area (Å²) >= 11 is 0. The van der Waals surface area contributed by atoms with E-state index in [0.717, 1.165) is 12.3 Å². The molecule has 0 amide bonds. The molecule has 4 bridgehead atoms. The third kappa shape index (κ3) is 0.644. The third-order valence-corrected chi connectivity index (χ3v) is 4.17. The Morgan fingerprint density at radius 2 is 2.33 bits per heavy atom. The van der Waals surface area contributed by atoms with Crippen molar-refractivity contribution in [3.05, 3.63) is 0 Å². The lowest BCUT2D eigenvalue weighted by Crippen LogP contribution is -2.41. The van der Waals surface area contributed by atoms with Crippen LogP contribution < -0.4 is 0 Å². The molecule has 0 spiro atoms. The van der Waals surface area contributed by atoms with Gasteiger partial charge in [0.15, 0.2) is 0 Å². The van der Waals surface area contributed by atoms with Crippen molar-refractivity contribution in [2.45, 2.75) is 38.2 Å². The van der Waals surface area contributed by atoms with Crippen LogP contribution in [0.25, 0.3) is 0 Å². The highest BCUT2D eigenvalue weighted by atomic mass is 16.6. The molecule has 1 saturated heterocycles. The van der Waals surface area contributed by atoms with E-state index in [4.69, 9.17) is 4.74 Å². The minimum Gasteiger partial charge on any atom is -0.459 e. The van der Waals surface area contributed by atoms with E-state index in [1.165, 1.54) is 12.8 Å². The van der Waals surface area contributed by atoms with Gasteiger partial charge in [-0.05, 0) is 38.0 Å². The van der Waals surface area contributed by atoms with Crippen molar-refractivity contribution >= 4 is 5.97 Å². The van der Waals surface area contributed by atoms with E-state index < -0.39 is 0 Å². The minimum atomic E-state index is -0.0666. The molecule has 2 saturated carbocycles. The van der Waals surface area contributed by atoms with Crippen LogP contribution in [0.3, 0.4) is 0 Å². The first kappa shape index (κ1) is 6.93. The van der Waals surface area contributed by atoms with Gasteiger partial charge >= 0.3 is 5.97 Å². The molecule has 1 heterocycles. The van der Waals surface area contributed by atoms with Crippen LogP contribution in [0.15, 0.2) is 0 Å². The van der Waals surface area contributed by atoms with Crippen molar-refractivity contribution in [2.24, 2.45) is 17.8 Å². The molecule has 2 nitrogen and oxygen atoms in total. The topological polar surface area (TPSA) is 26.3 Å². The molecular formula is C10H14O2. The maximum Gasteiger partial charge on any atom is 0.306 e. The Morgan fingerprint density at radius 3 is 3.08 bits per heavy atom. The number of carbonyl (C=O) groups excluding carboxylic acids is 1. The highest BCUT2D eigenvalue weighted by Crippen LogP contribution is 2.59. The average molecular weight is 166 g/mol. The fourth-order valence-electron chi connectivity index (χ4n) is 3.75. The van der Waals surface area contributed by atoms with Gasteiger partial charge in [0, 0.05) is 12.3 Å². The predicted molar refractivity (Wildman–Crippen MR) is 43.4 cm³/mol. The molecule has 0 radical (unpaired) electrons. The summed E-state index contributed by atoms with van der Waals surface area (Å²) in [4.78, 5) is 11.2. The van der Waals surface area contributed by atoms with Gasteiger partial charge in [-0.25, -0.2) is 0 Å². The summed E-state index contributed by atoms with van der Waals surface area (Å²) in [5.41, 5.74) is -0.0666. The monoisotopic (exact) mass is 166 g/mol. The van der Waals surface area contributed by atoms with Crippen LogP contribution in [-0.2, 0) is 9.53 Å². The Morgan fingerprint density at radius 1 is 1.50 bits per heavy atom. The van der Waals surface area contributed by atoms with Gasteiger partial charge in [0.25, 0.3) is 0 Å². The van der Waals surface area contributed by atoms with Crippen LogP contribution in [0.5, 0.6) is 0 Å². The lowest BCUT2D eigenvalue weighted by atomic mass is 9.83. The van der Waals surface area contributed by atoms with Gasteiger partial charge < -0.3 is 4.74 Å². The van der Waals surface area contributed by atoms with Crippen LogP contribution in [0.2, 0.25) is 0 Å². The second-order valence-corrected chi connectivity index (χ2v) is 4.80. The summed E-state index contributed by atoms with van der Waals surface area (Å²) in [6.45, 7) is 2.13. The Bertz CT molecular complexity index is 248. The maximum atomic E-state index is 11.2. The number of rotatable bonds is 0. The van der Waals surface area contributed by atoms with Gasteiger partial charge in [-0.1, -0.05) is 0 Å². The van der Waals surface area contributed by atoms with E-state index in [1.54, 1.807) is 0 Å². The van der Waals surface area contributed by atoms with E-state index in [9.17, 15) is 4.79 Å². The van der Waals surface area contributed by atoms with Crippen molar-refractivity contribution < 1.29 is 9.53 Å². The number of esters is 1. The number of hydrogen-bond donors (Lipinski definition) is 0. The highest BCUT2D eigenvalue weighted by molar-refractivity contribution is 5.72. The quantitative estimate of drug-likeness (QED) is 0.512. The second-order valence-electron chi connectivity index (χ2n) is 4.80. The van der Waals surface area contributed by atoms with E-state index in [-0.39, 0.29) is 11.6 Å². The fourth-order valence-corrected chi connectivity index (χ4v) is 3.75. The zero-order chi connectivity index (χ0) is 8.34. The fraction of sp³-hybridized carbons (Fsp3) is 0.900. The molecule has 3 fully saturated rings. The predicted octanol–water partition coefficient (Wildman–Crippen LogP) is 1.74. The van der Waals surface area contributed by atoms with Gasteiger partial charge in [-0.15, -0.1) is 0 Å². The lowest BCUT2D eigenvalue weighted by Gasteiger charge is -2.37. The molecule has 12 heavy (non-hydrogen) atoms. The van der Waals surface area contributed by atoms with E-state index in [2.05, 4.69) is 6.92 Å². The summed E-state index contributed by atoms with van der Waals surface area (Å²) in [6, 6.07) is 0. The van der Waals surface area contributed by atoms with Gasteiger partial charge in [-0.3, -0.25) is 4.79 Å². The third-order valence-electron chi connectivity index (χ3n) is 4.17. The first-order valence-corrected chi connectivity index (χ1v) is 4.91. The second kappa shape index (κ2) is 1.86. The van der Waals surface area contributed by atoms with E-state index >= 15 is 0 Å². The average Bonchev–Trinajstić information content (AvgIpc) is 2.39.